The van der Waals surface area contributed by atoms with Crippen molar-refractivity contribution in [2.45, 2.75) is 31.8 Å². The number of likely N-dealkylation sites (tertiary alicyclic amines) is 1. The molecule has 20 heavy (non-hydrogen) atoms. The number of pyridine rings is 1. The van der Waals surface area contributed by atoms with Crippen molar-refractivity contribution in [3.63, 3.8) is 0 Å². The summed E-state index contributed by atoms with van der Waals surface area (Å²) in [6.45, 7) is 1.75. The van der Waals surface area contributed by atoms with E-state index in [1.165, 1.54) is 12.8 Å². The number of aromatic nitrogens is 3. The predicted octanol–water partition coefficient (Wildman–Crippen LogP) is 3.84. The molecule has 4 nitrogen and oxygen atoms in total. The van der Waals surface area contributed by atoms with Crippen LogP contribution >= 0.6 is 23.2 Å². The lowest BCUT2D eigenvalue weighted by Gasteiger charge is -2.34. The Morgan fingerprint density at radius 1 is 1.25 bits per heavy atom. The summed E-state index contributed by atoms with van der Waals surface area (Å²) in [7, 11) is 0. The minimum absolute atomic E-state index is 0.350. The van der Waals surface area contributed by atoms with E-state index in [1.54, 1.807) is 18.5 Å². The quantitative estimate of drug-likeness (QED) is 0.936. The van der Waals surface area contributed by atoms with Gasteiger partial charge in [0.25, 0.3) is 0 Å². The molecular formula is C14H16Cl2N4. The molecule has 2 aromatic rings. The zero-order valence-electron chi connectivity index (χ0n) is 11.0. The average molecular weight is 311 g/mol. The number of nitrogens with one attached hydrogen (secondary N) is 1. The Balaban J connectivity index is 1.82. The van der Waals surface area contributed by atoms with Crippen molar-refractivity contribution < 1.29 is 0 Å². The largest absolute Gasteiger partial charge is 0.289 e. The number of halogens is 2. The van der Waals surface area contributed by atoms with Crippen LogP contribution < -0.4 is 0 Å². The molecule has 1 atom stereocenters. The van der Waals surface area contributed by atoms with Gasteiger partial charge in [-0.2, -0.15) is 5.10 Å². The maximum Gasteiger partial charge on any atom is 0.0821 e. The third-order valence-corrected chi connectivity index (χ3v) is 4.60. The van der Waals surface area contributed by atoms with E-state index in [9.17, 15) is 0 Å². The fraction of sp³-hybridized carbons (Fsp3) is 0.429. The second kappa shape index (κ2) is 6.12. The molecular weight excluding hydrogens is 295 g/mol. The van der Waals surface area contributed by atoms with Crippen LogP contribution in [-0.4, -0.2) is 26.6 Å². The van der Waals surface area contributed by atoms with Gasteiger partial charge in [0.2, 0.25) is 0 Å². The molecule has 1 N–H and O–H groups in total. The van der Waals surface area contributed by atoms with Crippen LogP contribution in [0.15, 0.2) is 24.5 Å². The molecule has 0 saturated carbocycles. The van der Waals surface area contributed by atoms with Crippen LogP contribution in [-0.2, 0) is 6.54 Å². The van der Waals surface area contributed by atoms with E-state index >= 15 is 0 Å². The summed E-state index contributed by atoms with van der Waals surface area (Å²) in [5, 5.41) is 8.25. The molecule has 0 amide bonds. The molecule has 1 saturated heterocycles. The van der Waals surface area contributed by atoms with Gasteiger partial charge in [0.15, 0.2) is 0 Å². The second-order valence-electron chi connectivity index (χ2n) is 5.05. The van der Waals surface area contributed by atoms with Gasteiger partial charge in [-0.15, -0.1) is 0 Å². The summed E-state index contributed by atoms with van der Waals surface area (Å²) in [6, 6.07) is 4.11. The van der Waals surface area contributed by atoms with Crippen molar-refractivity contribution in [1.82, 2.24) is 20.1 Å². The summed E-state index contributed by atoms with van der Waals surface area (Å²) >= 11 is 12.3. The zero-order chi connectivity index (χ0) is 13.9. The second-order valence-corrected chi connectivity index (χ2v) is 5.83. The van der Waals surface area contributed by atoms with Gasteiger partial charge in [0, 0.05) is 18.9 Å². The highest BCUT2D eigenvalue weighted by Crippen LogP contribution is 2.32. The van der Waals surface area contributed by atoms with Gasteiger partial charge in [-0.05, 0) is 31.5 Å². The van der Waals surface area contributed by atoms with E-state index in [1.807, 2.05) is 6.07 Å². The third-order valence-electron chi connectivity index (χ3n) is 3.76. The molecule has 0 aliphatic carbocycles. The summed E-state index contributed by atoms with van der Waals surface area (Å²) in [4.78, 5) is 6.76. The van der Waals surface area contributed by atoms with Crippen LogP contribution in [0, 0.1) is 0 Å². The molecule has 1 unspecified atom stereocenters. The normalized spacial score (nSPS) is 20.2. The van der Waals surface area contributed by atoms with E-state index in [2.05, 4.69) is 20.1 Å². The van der Waals surface area contributed by atoms with Gasteiger partial charge in [0.1, 0.15) is 0 Å². The molecule has 3 rings (SSSR count). The number of H-pyrrole nitrogens is 1. The Kier molecular flexibility index (Phi) is 4.24. The van der Waals surface area contributed by atoms with Crippen LogP contribution in [0.25, 0.3) is 0 Å². The molecule has 106 valence electrons. The lowest BCUT2D eigenvalue weighted by molar-refractivity contribution is 0.135. The molecule has 0 aromatic carbocycles. The van der Waals surface area contributed by atoms with Gasteiger partial charge >= 0.3 is 0 Å². The smallest absolute Gasteiger partial charge is 0.0821 e. The van der Waals surface area contributed by atoms with Crippen LogP contribution in [0.2, 0.25) is 10.0 Å². The first-order chi connectivity index (χ1) is 9.75. The zero-order valence-corrected chi connectivity index (χ0v) is 12.5. The van der Waals surface area contributed by atoms with E-state index in [0.717, 1.165) is 24.4 Å². The van der Waals surface area contributed by atoms with Gasteiger partial charge in [-0.3, -0.25) is 15.0 Å². The number of hydrogen-bond acceptors (Lipinski definition) is 3. The van der Waals surface area contributed by atoms with Gasteiger partial charge in [-0.1, -0.05) is 29.6 Å². The maximum absolute atomic E-state index is 6.24. The predicted molar refractivity (Wildman–Crippen MR) is 79.8 cm³/mol. The Hall–Kier alpha value is -1.10. The highest BCUT2D eigenvalue weighted by molar-refractivity contribution is 6.42. The molecule has 6 heteroatoms. The van der Waals surface area contributed by atoms with Crippen molar-refractivity contribution in [3.05, 3.63) is 46.0 Å². The number of aromatic amines is 1. The van der Waals surface area contributed by atoms with Crippen molar-refractivity contribution in [2.75, 3.05) is 6.54 Å². The minimum atomic E-state index is 0.350. The first-order valence-corrected chi connectivity index (χ1v) is 7.53. The fourth-order valence-corrected chi connectivity index (χ4v) is 3.08. The maximum atomic E-state index is 6.24. The van der Waals surface area contributed by atoms with Crippen molar-refractivity contribution in [1.29, 1.82) is 0 Å². The van der Waals surface area contributed by atoms with Gasteiger partial charge in [-0.25, -0.2) is 0 Å². The van der Waals surface area contributed by atoms with Crippen molar-refractivity contribution >= 4 is 23.2 Å². The van der Waals surface area contributed by atoms with E-state index in [-0.39, 0.29) is 0 Å². The van der Waals surface area contributed by atoms with Crippen LogP contribution in [0.4, 0.5) is 0 Å². The molecule has 0 radical (unpaired) electrons. The summed E-state index contributed by atoms with van der Waals surface area (Å²) in [5.41, 5.74) is 1.99. The minimum Gasteiger partial charge on any atom is -0.289 e. The summed E-state index contributed by atoms with van der Waals surface area (Å²) in [5.74, 6) is 0. The first kappa shape index (κ1) is 13.9. The molecule has 1 fully saturated rings. The van der Waals surface area contributed by atoms with Crippen LogP contribution in [0.1, 0.15) is 36.7 Å². The molecule has 0 bridgehead atoms. The number of piperidine rings is 1. The molecule has 1 aliphatic heterocycles. The summed E-state index contributed by atoms with van der Waals surface area (Å²) in [6.07, 6.45) is 7.06. The lowest BCUT2D eigenvalue weighted by atomic mass is 9.99. The van der Waals surface area contributed by atoms with Crippen molar-refractivity contribution in [3.8, 4) is 0 Å². The Morgan fingerprint density at radius 2 is 2.15 bits per heavy atom. The fourth-order valence-electron chi connectivity index (χ4n) is 2.75. The van der Waals surface area contributed by atoms with Crippen molar-refractivity contribution in [2.24, 2.45) is 0 Å². The Morgan fingerprint density at radius 3 is 2.95 bits per heavy atom. The number of hydrogen-bond donors (Lipinski definition) is 1. The van der Waals surface area contributed by atoms with E-state index in [0.29, 0.717) is 22.6 Å². The molecule has 3 heterocycles. The average Bonchev–Trinajstić information content (AvgIpc) is 2.98. The standard InChI is InChI=1S/C14H16Cl2N4/c15-10-4-6-17-12(14(10)16)9-20-8-2-1-3-13(20)11-5-7-18-19-11/h4-7,13H,1-3,8-9H2,(H,18,19). The molecule has 1 aliphatic rings. The van der Waals surface area contributed by atoms with E-state index < -0.39 is 0 Å². The molecule has 0 spiro atoms. The SMILES string of the molecule is Clc1ccnc(CN2CCCCC2c2ccn[nH]2)c1Cl. The third kappa shape index (κ3) is 2.82. The van der Waals surface area contributed by atoms with Crippen LogP contribution in [0.3, 0.4) is 0 Å². The Labute approximate surface area is 128 Å². The number of rotatable bonds is 3. The van der Waals surface area contributed by atoms with Gasteiger partial charge < -0.3 is 0 Å². The monoisotopic (exact) mass is 310 g/mol. The highest BCUT2D eigenvalue weighted by Gasteiger charge is 2.26. The molecule has 2 aromatic heterocycles. The van der Waals surface area contributed by atoms with E-state index in [4.69, 9.17) is 23.2 Å². The topological polar surface area (TPSA) is 44.8 Å². The lowest BCUT2D eigenvalue weighted by Crippen LogP contribution is -2.33. The first-order valence-electron chi connectivity index (χ1n) is 6.78. The highest BCUT2D eigenvalue weighted by atomic mass is 35.5. The number of nitrogens with zero attached hydrogens (tertiary/aromatic N) is 3. The Bertz CT molecular complexity index is 571. The summed E-state index contributed by atoms with van der Waals surface area (Å²) < 4.78 is 0. The van der Waals surface area contributed by atoms with Crippen LogP contribution in [0.5, 0.6) is 0 Å². The van der Waals surface area contributed by atoms with Gasteiger partial charge in [0.05, 0.1) is 27.5 Å².